The van der Waals surface area contributed by atoms with Crippen molar-refractivity contribution >= 4 is 33.2 Å². The van der Waals surface area contributed by atoms with E-state index in [0.29, 0.717) is 11.1 Å². The van der Waals surface area contributed by atoms with Crippen LogP contribution in [0.4, 0.5) is 0 Å². The summed E-state index contributed by atoms with van der Waals surface area (Å²) >= 11 is 1.47. The first kappa shape index (κ1) is 10.8. The molecule has 0 fully saturated rings. The first-order valence-electron chi connectivity index (χ1n) is 4.81. The average Bonchev–Trinajstić information content (AvgIpc) is 2.61. The van der Waals surface area contributed by atoms with Crippen molar-refractivity contribution in [3.63, 3.8) is 0 Å². The molecule has 1 N–H and O–H groups in total. The minimum atomic E-state index is -0.881. The average molecular weight is 234 g/mol. The van der Waals surface area contributed by atoms with E-state index in [1.165, 1.54) is 18.3 Å². The number of ketones is 1. The van der Waals surface area contributed by atoms with Crippen LogP contribution >= 0.6 is 11.3 Å². The van der Waals surface area contributed by atoms with Crippen molar-refractivity contribution in [3.8, 4) is 0 Å². The molecule has 0 amide bonds. The Hall–Kier alpha value is -1.68. The number of thiophene rings is 1. The molecule has 0 atom stereocenters. The van der Waals surface area contributed by atoms with Gasteiger partial charge in [-0.1, -0.05) is 12.1 Å². The lowest BCUT2D eigenvalue weighted by molar-refractivity contribution is -0.136. The van der Waals surface area contributed by atoms with Crippen LogP contribution < -0.4 is 0 Å². The lowest BCUT2D eigenvalue weighted by Crippen LogP contribution is -2.01. The first-order valence-corrected chi connectivity index (χ1v) is 5.69. The third-order valence-electron chi connectivity index (χ3n) is 2.41. The maximum Gasteiger partial charge on any atom is 0.307 e. The second kappa shape index (κ2) is 4.06. The normalized spacial score (nSPS) is 10.6. The summed E-state index contributed by atoms with van der Waals surface area (Å²) in [5.74, 6) is -0.905. The smallest absolute Gasteiger partial charge is 0.307 e. The Labute approximate surface area is 96.3 Å². The molecule has 0 aliphatic carbocycles. The van der Waals surface area contributed by atoms with Gasteiger partial charge in [0.15, 0.2) is 5.78 Å². The van der Waals surface area contributed by atoms with Crippen molar-refractivity contribution in [2.24, 2.45) is 0 Å². The van der Waals surface area contributed by atoms with Gasteiger partial charge in [-0.15, -0.1) is 11.3 Å². The summed E-state index contributed by atoms with van der Waals surface area (Å²) in [5.41, 5.74) is 1.33. The number of hydrogen-bond acceptors (Lipinski definition) is 3. The van der Waals surface area contributed by atoms with E-state index in [-0.39, 0.29) is 12.2 Å². The number of carbonyl (C=O) groups excluding carboxylic acids is 1. The van der Waals surface area contributed by atoms with Crippen LogP contribution in [0.1, 0.15) is 22.8 Å². The highest BCUT2D eigenvalue weighted by molar-refractivity contribution is 7.17. The number of carboxylic acid groups (broad SMARTS) is 1. The zero-order valence-corrected chi connectivity index (χ0v) is 9.50. The summed E-state index contributed by atoms with van der Waals surface area (Å²) in [5, 5.41) is 11.4. The second-order valence-corrected chi connectivity index (χ2v) is 4.48. The fourth-order valence-corrected chi connectivity index (χ4v) is 2.78. The molecule has 0 aliphatic rings. The molecule has 1 heterocycles. The SMILES string of the molecule is CC(=O)c1csc2cccc(CC(=O)O)c12. The van der Waals surface area contributed by atoms with Gasteiger partial charge in [0, 0.05) is 21.0 Å². The van der Waals surface area contributed by atoms with Crippen molar-refractivity contribution in [3.05, 3.63) is 34.7 Å². The van der Waals surface area contributed by atoms with Crippen LogP contribution in [-0.2, 0) is 11.2 Å². The van der Waals surface area contributed by atoms with E-state index in [1.54, 1.807) is 11.4 Å². The standard InChI is InChI=1S/C12H10O3S/c1-7(13)9-6-16-10-4-2-3-8(12(9)10)5-11(14)15/h2-4,6H,5H2,1H3,(H,14,15). The van der Waals surface area contributed by atoms with Crippen LogP contribution in [-0.4, -0.2) is 16.9 Å². The molecular weight excluding hydrogens is 224 g/mol. The molecule has 0 aliphatic heterocycles. The van der Waals surface area contributed by atoms with Crippen LogP contribution in [0.3, 0.4) is 0 Å². The maximum atomic E-state index is 11.4. The Morgan fingerprint density at radius 2 is 2.12 bits per heavy atom. The molecule has 16 heavy (non-hydrogen) atoms. The second-order valence-electron chi connectivity index (χ2n) is 3.57. The quantitative estimate of drug-likeness (QED) is 0.831. The largest absolute Gasteiger partial charge is 0.481 e. The molecule has 0 spiro atoms. The summed E-state index contributed by atoms with van der Waals surface area (Å²) in [7, 11) is 0. The van der Waals surface area contributed by atoms with Crippen molar-refractivity contribution in [2.75, 3.05) is 0 Å². The van der Waals surface area contributed by atoms with Gasteiger partial charge in [-0.3, -0.25) is 9.59 Å². The van der Waals surface area contributed by atoms with Crippen LogP contribution in [0.15, 0.2) is 23.6 Å². The molecule has 0 bridgehead atoms. The van der Waals surface area contributed by atoms with Gasteiger partial charge in [0.2, 0.25) is 0 Å². The Kier molecular flexibility index (Phi) is 2.75. The molecule has 2 aromatic rings. The topological polar surface area (TPSA) is 54.4 Å². The van der Waals surface area contributed by atoms with Gasteiger partial charge >= 0.3 is 5.97 Å². The van der Waals surface area contributed by atoms with E-state index in [0.717, 1.165) is 10.1 Å². The third-order valence-corrected chi connectivity index (χ3v) is 3.35. The van der Waals surface area contributed by atoms with Gasteiger partial charge in [0.25, 0.3) is 0 Å². The Balaban J connectivity index is 2.68. The Bertz CT molecular complexity index is 569. The summed E-state index contributed by atoms with van der Waals surface area (Å²) in [6.45, 7) is 1.50. The molecule has 1 aromatic heterocycles. The predicted molar refractivity (Wildman–Crippen MR) is 63.2 cm³/mol. The molecule has 3 nitrogen and oxygen atoms in total. The van der Waals surface area contributed by atoms with E-state index in [2.05, 4.69) is 0 Å². The zero-order chi connectivity index (χ0) is 11.7. The Morgan fingerprint density at radius 1 is 1.38 bits per heavy atom. The number of carbonyl (C=O) groups is 2. The Morgan fingerprint density at radius 3 is 2.75 bits per heavy atom. The molecular formula is C12H10O3S. The molecule has 0 unspecified atom stereocenters. The van der Waals surface area contributed by atoms with E-state index in [1.807, 2.05) is 12.1 Å². The van der Waals surface area contributed by atoms with Gasteiger partial charge in [-0.2, -0.15) is 0 Å². The minimum Gasteiger partial charge on any atom is -0.481 e. The van der Waals surface area contributed by atoms with E-state index < -0.39 is 5.97 Å². The molecule has 0 saturated heterocycles. The van der Waals surface area contributed by atoms with Crippen LogP contribution in [0.5, 0.6) is 0 Å². The van der Waals surface area contributed by atoms with Crippen LogP contribution in [0.2, 0.25) is 0 Å². The monoisotopic (exact) mass is 234 g/mol. The molecule has 0 radical (unpaired) electrons. The van der Waals surface area contributed by atoms with Crippen molar-refractivity contribution in [1.29, 1.82) is 0 Å². The highest BCUT2D eigenvalue weighted by atomic mass is 32.1. The maximum absolute atomic E-state index is 11.4. The number of aliphatic carboxylic acids is 1. The van der Waals surface area contributed by atoms with E-state index in [4.69, 9.17) is 5.11 Å². The van der Waals surface area contributed by atoms with Crippen LogP contribution in [0.25, 0.3) is 10.1 Å². The van der Waals surface area contributed by atoms with Gasteiger partial charge in [0.05, 0.1) is 6.42 Å². The lowest BCUT2D eigenvalue weighted by Gasteiger charge is -2.01. The summed E-state index contributed by atoms with van der Waals surface area (Å²) in [4.78, 5) is 22.2. The highest BCUT2D eigenvalue weighted by Gasteiger charge is 2.13. The van der Waals surface area contributed by atoms with Crippen molar-refractivity contribution in [1.82, 2.24) is 0 Å². The molecule has 82 valence electrons. The zero-order valence-electron chi connectivity index (χ0n) is 8.69. The number of fused-ring (bicyclic) bond motifs is 1. The number of hydrogen-bond donors (Lipinski definition) is 1. The summed E-state index contributed by atoms with van der Waals surface area (Å²) in [6, 6.07) is 5.48. The number of rotatable bonds is 3. The molecule has 2 rings (SSSR count). The van der Waals surface area contributed by atoms with Crippen molar-refractivity contribution in [2.45, 2.75) is 13.3 Å². The first-order chi connectivity index (χ1) is 7.59. The molecule has 4 heteroatoms. The molecule has 1 aromatic carbocycles. The van der Waals surface area contributed by atoms with Crippen molar-refractivity contribution < 1.29 is 14.7 Å². The van der Waals surface area contributed by atoms with Crippen LogP contribution in [0, 0.1) is 0 Å². The highest BCUT2D eigenvalue weighted by Crippen LogP contribution is 2.29. The fourth-order valence-electron chi connectivity index (χ4n) is 1.73. The lowest BCUT2D eigenvalue weighted by atomic mass is 10.0. The van der Waals surface area contributed by atoms with Gasteiger partial charge in [-0.25, -0.2) is 0 Å². The summed E-state index contributed by atoms with van der Waals surface area (Å²) in [6.07, 6.45) is -0.0473. The van der Waals surface area contributed by atoms with Gasteiger partial charge in [-0.05, 0) is 18.6 Å². The predicted octanol–water partition coefficient (Wildman–Crippen LogP) is 2.73. The number of benzene rings is 1. The summed E-state index contributed by atoms with van der Waals surface area (Å²) < 4.78 is 0.962. The third kappa shape index (κ3) is 1.84. The number of Topliss-reactive ketones (excluding diaryl/α,β-unsaturated/α-hetero) is 1. The fraction of sp³-hybridized carbons (Fsp3) is 0.167. The van der Waals surface area contributed by atoms with Gasteiger partial charge in [0.1, 0.15) is 0 Å². The van der Waals surface area contributed by atoms with E-state index >= 15 is 0 Å². The van der Waals surface area contributed by atoms with E-state index in [9.17, 15) is 9.59 Å². The minimum absolute atomic E-state index is 0.0240. The molecule has 0 saturated carbocycles. The number of carboxylic acids is 1. The van der Waals surface area contributed by atoms with Gasteiger partial charge < -0.3 is 5.11 Å².